The van der Waals surface area contributed by atoms with Gasteiger partial charge in [-0.3, -0.25) is 9.59 Å². The molecule has 0 fully saturated rings. The van der Waals surface area contributed by atoms with Gasteiger partial charge < -0.3 is 9.80 Å². The van der Waals surface area contributed by atoms with Crippen molar-refractivity contribution < 1.29 is 4.79 Å². The Hall–Kier alpha value is -3.15. The maximum atomic E-state index is 13.6. The average molecular weight is 405 g/mol. The van der Waals surface area contributed by atoms with Crippen molar-refractivity contribution in [1.29, 1.82) is 0 Å². The number of rotatable bonds is 5. The molecule has 0 atom stereocenters. The summed E-state index contributed by atoms with van der Waals surface area (Å²) in [5.41, 5.74) is 2.50. The third kappa shape index (κ3) is 3.82. The Kier molecular flexibility index (Phi) is 5.84. The lowest BCUT2D eigenvalue weighted by molar-refractivity contribution is 0.0745. The molecule has 6 nitrogen and oxygen atoms in total. The minimum absolute atomic E-state index is 0.124. The highest BCUT2D eigenvalue weighted by molar-refractivity contribution is 6.04. The predicted molar refractivity (Wildman–Crippen MR) is 120 cm³/mol. The SMILES string of the molecule is CCCCCn1nc(C(=O)N2CCN(C)c3ccccc3C2)c2ccccc2c1=O. The van der Waals surface area contributed by atoms with Gasteiger partial charge in [0.25, 0.3) is 11.5 Å². The number of hydrogen-bond donors (Lipinski definition) is 0. The fourth-order valence-corrected chi connectivity index (χ4v) is 4.07. The van der Waals surface area contributed by atoms with Gasteiger partial charge in [0.1, 0.15) is 0 Å². The Labute approximate surface area is 176 Å². The molecule has 3 aromatic rings. The van der Waals surface area contributed by atoms with Crippen LogP contribution in [0.15, 0.2) is 53.3 Å². The van der Waals surface area contributed by atoms with Crippen molar-refractivity contribution in [3.63, 3.8) is 0 Å². The molecule has 4 rings (SSSR count). The molecular formula is C24H28N4O2. The van der Waals surface area contributed by atoms with Crippen LogP contribution in [0.5, 0.6) is 0 Å². The topological polar surface area (TPSA) is 58.4 Å². The van der Waals surface area contributed by atoms with Crippen LogP contribution in [0.1, 0.15) is 42.2 Å². The maximum Gasteiger partial charge on any atom is 0.275 e. The Bertz CT molecular complexity index is 1120. The highest BCUT2D eigenvalue weighted by Crippen LogP contribution is 2.25. The van der Waals surface area contributed by atoms with E-state index in [4.69, 9.17) is 0 Å². The molecular weight excluding hydrogens is 376 g/mol. The molecule has 156 valence electrons. The first kappa shape index (κ1) is 20.1. The normalized spacial score (nSPS) is 13.9. The van der Waals surface area contributed by atoms with Crippen LogP contribution in [-0.4, -0.2) is 40.7 Å². The summed E-state index contributed by atoms with van der Waals surface area (Å²) < 4.78 is 1.48. The molecule has 0 saturated heterocycles. The molecule has 2 aromatic carbocycles. The number of benzene rings is 2. The van der Waals surface area contributed by atoms with Gasteiger partial charge in [0.05, 0.1) is 5.39 Å². The van der Waals surface area contributed by atoms with Gasteiger partial charge in [0.2, 0.25) is 0 Å². The number of carbonyl (C=O) groups is 1. The smallest absolute Gasteiger partial charge is 0.275 e. The second kappa shape index (κ2) is 8.69. The summed E-state index contributed by atoms with van der Waals surface area (Å²) in [4.78, 5) is 30.5. The van der Waals surface area contributed by atoms with E-state index >= 15 is 0 Å². The Morgan fingerprint density at radius 3 is 2.53 bits per heavy atom. The number of amides is 1. The summed E-state index contributed by atoms with van der Waals surface area (Å²) in [5, 5.41) is 5.74. The lowest BCUT2D eigenvalue weighted by Crippen LogP contribution is -2.36. The zero-order valence-corrected chi connectivity index (χ0v) is 17.7. The van der Waals surface area contributed by atoms with E-state index in [-0.39, 0.29) is 11.5 Å². The van der Waals surface area contributed by atoms with Crippen LogP contribution in [0.3, 0.4) is 0 Å². The minimum Gasteiger partial charge on any atom is -0.373 e. The van der Waals surface area contributed by atoms with Crippen LogP contribution in [0.25, 0.3) is 10.8 Å². The van der Waals surface area contributed by atoms with Crippen molar-refractivity contribution in [3.8, 4) is 0 Å². The second-order valence-corrected chi connectivity index (χ2v) is 7.91. The first-order chi connectivity index (χ1) is 14.6. The van der Waals surface area contributed by atoms with Gasteiger partial charge in [0.15, 0.2) is 5.69 Å². The monoisotopic (exact) mass is 404 g/mol. The quantitative estimate of drug-likeness (QED) is 0.609. The van der Waals surface area contributed by atoms with Gasteiger partial charge in [-0.25, -0.2) is 4.68 Å². The molecule has 0 unspecified atom stereocenters. The number of anilines is 1. The molecule has 0 bridgehead atoms. The third-order valence-electron chi connectivity index (χ3n) is 5.80. The summed E-state index contributed by atoms with van der Waals surface area (Å²) in [6.07, 6.45) is 2.96. The average Bonchev–Trinajstić information content (AvgIpc) is 2.94. The number of hydrogen-bond acceptors (Lipinski definition) is 4. The molecule has 1 aliphatic heterocycles. The van der Waals surface area contributed by atoms with Gasteiger partial charge in [-0.1, -0.05) is 56.2 Å². The van der Waals surface area contributed by atoms with E-state index < -0.39 is 0 Å². The maximum absolute atomic E-state index is 13.6. The van der Waals surface area contributed by atoms with Gasteiger partial charge in [-0.05, 0) is 24.1 Å². The van der Waals surface area contributed by atoms with Gasteiger partial charge in [-0.2, -0.15) is 5.10 Å². The summed E-state index contributed by atoms with van der Waals surface area (Å²) in [6.45, 7) is 4.54. The molecule has 0 spiro atoms. The van der Waals surface area contributed by atoms with E-state index in [2.05, 4.69) is 29.1 Å². The van der Waals surface area contributed by atoms with Crippen LogP contribution in [-0.2, 0) is 13.1 Å². The van der Waals surface area contributed by atoms with Gasteiger partial charge >= 0.3 is 0 Å². The summed E-state index contributed by atoms with van der Waals surface area (Å²) in [5.74, 6) is -0.124. The Balaban J connectivity index is 1.74. The van der Waals surface area contributed by atoms with Crippen LogP contribution >= 0.6 is 0 Å². The fraction of sp³-hybridized carbons (Fsp3) is 0.375. The van der Waals surface area contributed by atoms with E-state index in [0.29, 0.717) is 36.1 Å². The Morgan fingerprint density at radius 2 is 1.73 bits per heavy atom. The zero-order valence-electron chi connectivity index (χ0n) is 17.7. The van der Waals surface area contributed by atoms with Crippen molar-refractivity contribution in [2.24, 2.45) is 0 Å². The highest BCUT2D eigenvalue weighted by atomic mass is 16.2. The first-order valence-electron chi connectivity index (χ1n) is 10.7. The third-order valence-corrected chi connectivity index (χ3v) is 5.80. The number of carbonyl (C=O) groups excluding carboxylic acids is 1. The minimum atomic E-state index is -0.126. The number of nitrogens with zero attached hydrogens (tertiary/aromatic N) is 4. The van der Waals surface area contributed by atoms with E-state index in [1.807, 2.05) is 42.3 Å². The zero-order chi connectivity index (χ0) is 21.1. The second-order valence-electron chi connectivity index (χ2n) is 7.91. The fourth-order valence-electron chi connectivity index (χ4n) is 4.07. The highest BCUT2D eigenvalue weighted by Gasteiger charge is 2.25. The first-order valence-corrected chi connectivity index (χ1v) is 10.7. The van der Waals surface area contributed by atoms with Crippen LogP contribution in [0, 0.1) is 0 Å². The van der Waals surface area contributed by atoms with Crippen molar-refractivity contribution in [3.05, 3.63) is 70.1 Å². The van der Waals surface area contributed by atoms with Gasteiger partial charge in [0, 0.05) is 44.3 Å². The van der Waals surface area contributed by atoms with Crippen molar-refractivity contribution in [2.75, 3.05) is 25.0 Å². The molecule has 0 saturated carbocycles. The summed E-state index contributed by atoms with van der Waals surface area (Å²) in [7, 11) is 2.05. The van der Waals surface area contributed by atoms with Crippen molar-refractivity contribution in [2.45, 2.75) is 39.3 Å². The Morgan fingerprint density at radius 1 is 1.00 bits per heavy atom. The number of para-hydroxylation sites is 1. The molecule has 0 aliphatic carbocycles. The van der Waals surface area contributed by atoms with Crippen LogP contribution in [0.4, 0.5) is 5.69 Å². The number of unbranched alkanes of at least 4 members (excludes halogenated alkanes) is 2. The standard InChI is InChI=1S/C24H28N4O2/c1-3-4-9-14-28-23(29)20-12-7-6-11-19(20)22(25-28)24(30)27-16-15-26(2)21-13-8-5-10-18(21)17-27/h5-8,10-13H,3-4,9,14-17H2,1-2H3. The molecule has 0 radical (unpaired) electrons. The lowest BCUT2D eigenvalue weighted by atomic mass is 10.1. The van der Waals surface area contributed by atoms with Crippen molar-refractivity contribution >= 4 is 22.4 Å². The summed E-state index contributed by atoms with van der Waals surface area (Å²) >= 11 is 0. The van der Waals surface area contributed by atoms with Crippen molar-refractivity contribution in [1.82, 2.24) is 14.7 Å². The van der Waals surface area contributed by atoms with Gasteiger partial charge in [-0.15, -0.1) is 0 Å². The molecule has 2 heterocycles. The molecule has 1 amide bonds. The molecule has 0 N–H and O–H groups in total. The lowest BCUT2D eigenvalue weighted by Gasteiger charge is -2.21. The van der Waals surface area contributed by atoms with Crippen LogP contribution in [0.2, 0.25) is 0 Å². The molecule has 6 heteroatoms. The molecule has 1 aromatic heterocycles. The predicted octanol–water partition coefficient (Wildman–Crippen LogP) is 3.68. The van der Waals surface area contributed by atoms with E-state index in [1.54, 1.807) is 6.07 Å². The number of aryl methyl sites for hydroxylation is 1. The van der Waals surface area contributed by atoms with E-state index in [0.717, 1.165) is 37.1 Å². The summed E-state index contributed by atoms with van der Waals surface area (Å²) in [6, 6.07) is 15.5. The van der Waals surface area contributed by atoms with E-state index in [1.165, 1.54) is 4.68 Å². The number of likely N-dealkylation sites (N-methyl/N-ethyl adjacent to an activating group) is 1. The molecule has 1 aliphatic rings. The largest absolute Gasteiger partial charge is 0.373 e. The molecule has 30 heavy (non-hydrogen) atoms. The van der Waals surface area contributed by atoms with E-state index in [9.17, 15) is 9.59 Å². The number of fused-ring (bicyclic) bond motifs is 2. The van der Waals surface area contributed by atoms with Crippen LogP contribution < -0.4 is 10.5 Å². The number of aromatic nitrogens is 2.